The first kappa shape index (κ1) is 17.4. The molecule has 6 nitrogen and oxygen atoms in total. The van der Waals surface area contributed by atoms with Gasteiger partial charge in [-0.3, -0.25) is 0 Å². The van der Waals surface area contributed by atoms with Gasteiger partial charge < -0.3 is 9.26 Å². The number of methoxy groups -OCH3 is 1. The number of nitrogens with zero attached hydrogens (tertiary/aromatic N) is 1. The lowest BCUT2D eigenvalue weighted by Gasteiger charge is -2.04. The SMILES string of the molecule is COCc1cc(-c2ccc(S(=O)(=O)N[C@H]3C[C@@H]3c3ccccc3)s2)no1. The number of hydrogen-bond donors (Lipinski definition) is 1. The highest BCUT2D eigenvalue weighted by Crippen LogP contribution is 2.42. The standard InChI is InChI=1S/C18H18N2O4S2/c1-23-11-13-9-16(19-24-13)17-7-8-18(25-17)26(21,22)20-15-10-14(15)12-5-3-2-4-6-12/h2-9,14-15,20H,10-11H2,1H3/t14-,15+/m1/s1. The van der Waals surface area contributed by atoms with Crippen molar-refractivity contribution in [1.29, 1.82) is 0 Å². The van der Waals surface area contributed by atoms with E-state index in [4.69, 9.17) is 9.26 Å². The van der Waals surface area contributed by atoms with E-state index in [0.29, 0.717) is 18.1 Å². The van der Waals surface area contributed by atoms with Crippen LogP contribution < -0.4 is 4.72 Å². The smallest absolute Gasteiger partial charge is 0.250 e. The normalized spacial score (nSPS) is 19.6. The van der Waals surface area contributed by atoms with E-state index in [2.05, 4.69) is 9.88 Å². The molecule has 1 aliphatic carbocycles. The molecular weight excluding hydrogens is 372 g/mol. The summed E-state index contributed by atoms with van der Waals surface area (Å²) in [7, 11) is -1.97. The highest BCUT2D eigenvalue weighted by atomic mass is 32.2. The Morgan fingerprint density at radius 1 is 1.27 bits per heavy atom. The molecule has 0 spiro atoms. The molecule has 1 N–H and O–H groups in total. The summed E-state index contributed by atoms with van der Waals surface area (Å²) in [6.45, 7) is 0.327. The van der Waals surface area contributed by atoms with Gasteiger partial charge in [-0.15, -0.1) is 11.3 Å². The van der Waals surface area contributed by atoms with E-state index in [0.717, 1.165) is 11.3 Å². The van der Waals surface area contributed by atoms with Crippen LogP contribution in [0.15, 0.2) is 57.3 Å². The highest BCUT2D eigenvalue weighted by molar-refractivity contribution is 7.91. The molecule has 1 aromatic carbocycles. The monoisotopic (exact) mass is 390 g/mol. The van der Waals surface area contributed by atoms with Gasteiger partial charge in [0.05, 0.1) is 4.88 Å². The molecule has 2 atom stereocenters. The third kappa shape index (κ3) is 3.59. The van der Waals surface area contributed by atoms with Crippen molar-refractivity contribution in [2.45, 2.75) is 29.2 Å². The molecule has 0 saturated heterocycles. The number of nitrogens with one attached hydrogen (secondary N) is 1. The van der Waals surface area contributed by atoms with Gasteiger partial charge in [0.25, 0.3) is 0 Å². The summed E-state index contributed by atoms with van der Waals surface area (Å²) in [5.41, 5.74) is 1.78. The van der Waals surface area contributed by atoms with E-state index < -0.39 is 10.0 Å². The van der Waals surface area contributed by atoms with Crippen LogP contribution in [0.4, 0.5) is 0 Å². The molecule has 1 fully saturated rings. The lowest BCUT2D eigenvalue weighted by Crippen LogP contribution is -2.26. The summed E-state index contributed by atoms with van der Waals surface area (Å²) in [5, 5.41) is 3.97. The quantitative estimate of drug-likeness (QED) is 0.669. The van der Waals surface area contributed by atoms with Crippen molar-refractivity contribution in [3.63, 3.8) is 0 Å². The van der Waals surface area contributed by atoms with Crippen molar-refractivity contribution in [3.05, 3.63) is 59.9 Å². The number of benzene rings is 1. The zero-order valence-corrected chi connectivity index (χ0v) is 15.7. The zero-order valence-electron chi connectivity index (χ0n) is 14.1. The summed E-state index contributed by atoms with van der Waals surface area (Å²) in [5.74, 6) is 0.847. The van der Waals surface area contributed by atoms with Crippen LogP contribution in [0, 0.1) is 0 Å². The van der Waals surface area contributed by atoms with E-state index in [1.165, 1.54) is 16.9 Å². The van der Waals surface area contributed by atoms with Crippen molar-refractivity contribution in [2.24, 2.45) is 0 Å². The maximum Gasteiger partial charge on any atom is 0.250 e. The molecule has 1 aliphatic rings. The molecule has 2 aromatic heterocycles. The highest BCUT2D eigenvalue weighted by Gasteiger charge is 2.41. The second-order valence-electron chi connectivity index (χ2n) is 6.21. The average Bonchev–Trinajstić information content (AvgIpc) is 3.03. The fourth-order valence-corrected chi connectivity index (χ4v) is 5.46. The molecule has 26 heavy (non-hydrogen) atoms. The number of rotatable bonds is 7. The number of aromatic nitrogens is 1. The van der Waals surface area contributed by atoms with Crippen LogP contribution in [-0.4, -0.2) is 26.7 Å². The largest absolute Gasteiger partial charge is 0.377 e. The Bertz CT molecular complexity index is 995. The van der Waals surface area contributed by atoms with Crippen molar-refractivity contribution < 1.29 is 17.7 Å². The lowest BCUT2D eigenvalue weighted by atomic mass is 10.1. The Kier molecular flexibility index (Phi) is 4.66. The fourth-order valence-electron chi connectivity index (χ4n) is 2.89. The summed E-state index contributed by atoms with van der Waals surface area (Å²) in [4.78, 5) is 0.742. The van der Waals surface area contributed by atoms with E-state index in [9.17, 15) is 8.42 Å². The van der Waals surface area contributed by atoms with E-state index in [1.807, 2.05) is 30.3 Å². The van der Waals surface area contributed by atoms with Gasteiger partial charge in [-0.2, -0.15) is 0 Å². The molecule has 1 saturated carbocycles. The van der Waals surface area contributed by atoms with Crippen LogP contribution in [-0.2, 0) is 21.4 Å². The van der Waals surface area contributed by atoms with Gasteiger partial charge in [-0.1, -0.05) is 35.5 Å². The number of sulfonamides is 1. The second kappa shape index (κ2) is 6.96. The third-order valence-corrected chi connectivity index (χ3v) is 7.36. The molecule has 0 radical (unpaired) electrons. The van der Waals surface area contributed by atoms with Gasteiger partial charge in [0, 0.05) is 25.1 Å². The molecule has 0 amide bonds. The maximum absolute atomic E-state index is 12.6. The maximum atomic E-state index is 12.6. The minimum Gasteiger partial charge on any atom is -0.377 e. The molecule has 0 bridgehead atoms. The summed E-state index contributed by atoms with van der Waals surface area (Å²) >= 11 is 1.18. The Balaban J connectivity index is 1.46. The first-order valence-corrected chi connectivity index (χ1v) is 10.5. The molecule has 4 rings (SSSR count). The molecule has 0 aliphatic heterocycles. The van der Waals surface area contributed by atoms with Crippen LogP contribution in [0.5, 0.6) is 0 Å². The Hall–Kier alpha value is -2.00. The molecule has 0 unspecified atom stereocenters. The summed E-state index contributed by atoms with van der Waals surface area (Å²) in [6, 6.07) is 15.0. The van der Waals surface area contributed by atoms with Gasteiger partial charge >= 0.3 is 0 Å². The minimum absolute atomic E-state index is 0.0479. The van der Waals surface area contributed by atoms with Crippen molar-refractivity contribution in [3.8, 4) is 10.6 Å². The molecule has 2 heterocycles. The van der Waals surface area contributed by atoms with E-state index in [-0.39, 0.29) is 16.2 Å². The Labute approximate surface area is 155 Å². The number of thiophene rings is 1. The molecular formula is C18H18N2O4S2. The van der Waals surface area contributed by atoms with Gasteiger partial charge in [-0.05, 0) is 24.1 Å². The van der Waals surface area contributed by atoms with Gasteiger partial charge in [-0.25, -0.2) is 13.1 Å². The number of ether oxygens (including phenoxy) is 1. The predicted molar refractivity (Wildman–Crippen MR) is 98.4 cm³/mol. The average molecular weight is 390 g/mol. The van der Waals surface area contributed by atoms with Crippen LogP contribution in [0.1, 0.15) is 23.7 Å². The van der Waals surface area contributed by atoms with Gasteiger partial charge in [0.1, 0.15) is 16.5 Å². The fraction of sp³-hybridized carbons (Fsp3) is 0.278. The molecule has 136 valence electrons. The number of hydrogen-bond acceptors (Lipinski definition) is 6. The molecule has 8 heteroatoms. The van der Waals surface area contributed by atoms with Gasteiger partial charge in [0.15, 0.2) is 5.76 Å². The topological polar surface area (TPSA) is 81.4 Å². The van der Waals surface area contributed by atoms with E-state index in [1.54, 1.807) is 25.3 Å². The van der Waals surface area contributed by atoms with Crippen molar-refractivity contribution in [2.75, 3.05) is 7.11 Å². The van der Waals surface area contributed by atoms with E-state index >= 15 is 0 Å². The first-order valence-electron chi connectivity index (χ1n) is 8.19. The van der Waals surface area contributed by atoms with Crippen molar-refractivity contribution in [1.82, 2.24) is 9.88 Å². The van der Waals surface area contributed by atoms with Gasteiger partial charge in [0.2, 0.25) is 10.0 Å². The van der Waals surface area contributed by atoms with Crippen LogP contribution >= 0.6 is 11.3 Å². The summed E-state index contributed by atoms with van der Waals surface area (Å²) in [6.07, 6.45) is 0.825. The van der Waals surface area contributed by atoms with Crippen LogP contribution in [0.3, 0.4) is 0 Å². The lowest BCUT2D eigenvalue weighted by molar-refractivity contribution is 0.156. The third-order valence-electron chi connectivity index (χ3n) is 4.27. The van der Waals surface area contributed by atoms with Crippen molar-refractivity contribution >= 4 is 21.4 Å². The van der Waals surface area contributed by atoms with Crippen LogP contribution in [0.2, 0.25) is 0 Å². The first-order chi connectivity index (χ1) is 12.6. The van der Waals surface area contributed by atoms with Crippen LogP contribution in [0.25, 0.3) is 10.6 Å². The zero-order chi connectivity index (χ0) is 18.1. The molecule has 3 aromatic rings. The Morgan fingerprint density at radius 3 is 2.85 bits per heavy atom. The Morgan fingerprint density at radius 2 is 2.08 bits per heavy atom. The summed E-state index contributed by atoms with van der Waals surface area (Å²) < 4.78 is 38.5. The second-order valence-corrected chi connectivity index (χ2v) is 9.24. The minimum atomic E-state index is -3.54. The predicted octanol–water partition coefficient (Wildman–Crippen LogP) is 3.38.